The van der Waals surface area contributed by atoms with E-state index < -0.39 is 5.41 Å². The summed E-state index contributed by atoms with van der Waals surface area (Å²) in [6, 6.07) is 75.7. The van der Waals surface area contributed by atoms with Gasteiger partial charge in [-0.25, -0.2) is 0 Å². The largest absolute Gasteiger partial charge is 0.310 e. The Hall–Kier alpha value is -6.44. The fourth-order valence-corrected chi connectivity index (χ4v) is 12.6. The molecule has 0 saturated heterocycles. The second-order valence-electron chi connectivity index (χ2n) is 19.8. The van der Waals surface area contributed by atoms with Crippen LogP contribution in [0.2, 0.25) is 0 Å². The van der Waals surface area contributed by atoms with E-state index in [1.54, 1.807) is 0 Å². The van der Waals surface area contributed by atoms with Gasteiger partial charge in [-0.05, 0) is 153 Å². The molecule has 2 bridgehead atoms. The van der Waals surface area contributed by atoms with Crippen molar-refractivity contribution < 1.29 is 0 Å². The van der Waals surface area contributed by atoms with Crippen molar-refractivity contribution in [3.8, 4) is 22.3 Å². The van der Waals surface area contributed by atoms with Gasteiger partial charge in [0.05, 0.1) is 5.41 Å². The third-order valence-electron chi connectivity index (χ3n) is 15.8. The Morgan fingerprint density at radius 1 is 0.484 bits per heavy atom. The van der Waals surface area contributed by atoms with Gasteiger partial charge >= 0.3 is 0 Å². The third-order valence-corrected chi connectivity index (χ3v) is 15.8. The van der Waals surface area contributed by atoms with E-state index in [0.717, 1.165) is 17.5 Å². The molecule has 0 aliphatic heterocycles. The number of aryl methyl sites for hydroxylation is 1. The van der Waals surface area contributed by atoms with Crippen molar-refractivity contribution in [2.75, 3.05) is 4.90 Å². The summed E-state index contributed by atoms with van der Waals surface area (Å²) in [5.74, 6) is 2.67. The molecule has 3 aliphatic rings. The van der Waals surface area contributed by atoms with Crippen LogP contribution in [0.5, 0.6) is 0 Å². The minimum absolute atomic E-state index is 0.118. The molecule has 0 amide bonds. The number of nitrogens with zero attached hydrogens (tertiary/aromatic N) is 1. The van der Waals surface area contributed by atoms with E-state index in [1.807, 2.05) is 0 Å². The predicted octanol–water partition coefficient (Wildman–Crippen LogP) is 16.8. The first-order valence-corrected chi connectivity index (χ1v) is 23.8. The average Bonchev–Trinajstić information content (AvgIpc) is 3.80. The lowest BCUT2D eigenvalue weighted by molar-refractivity contribution is 0.233. The lowest BCUT2D eigenvalue weighted by Crippen LogP contribution is -2.34. The maximum atomic E-state index is 2.62. The fraction of sp³-hybridized carbons (Fsp3) is 0.238. The molecular weight excluding hydrogens is 771 g/mol. The van der Waals surface area contributed by atoms with Gasteiger partial charge in [0, 0.05) is 22.5 Å². The normalized spacial score (nSPS) is 18.8. The van der Waals surface area contributed by atoms with E-state index in [1.165, 1.54) is 110 Å². The highest BCUT2D eigenvalue weighted by Gasteiger charge is 2.44. The minimum Gasteiger partial charge on any atom is -0.310 e. The van der Waals surface area contributed by atoms with Gasteiger partial charge in [-0.3, -0.25) is 0 Å². The molecule has 1 heteroatoms. The molecule has 0 heterocycles. The first-order valence-electron chi connectivity index (χ1n) is 23.8. The van der Waals surface area contributed by atoms with Gasteiger partial charge in [-0.15, -0.1) is 0 Å². The second kappa shape index (κ2) is 16.3. The van der Waals surface area contributed by atoms with E-state index in [0.29, 0.717) is 11.8 Å². The topological polar surface area (TPSA) is 3.24 Å². The molecule has 2 fully saturated rings. The summed E-state index contributed by atoms with van der Waals surface area (Å²) in [5.41, 5.74) is 18.9. The standard InChI is InChI=1S/C63H59N/c1-43-18-14-16-26-58(43)63(50-21-10-6-11-22-50,51-23-12-7-13-24-51)60-37-35-53(41-57(60)44(2)49-39-45-28-29-46(38-45)40-49)64(52-32-30-48(31-33-52)47-19-8-5-9-20-47)54-34-36-56-55-25-15-17-27-59(55)62(3,4)61(56)42-54/h5-27,30-37,41-42,44-46,49H,28-29,38-40H2,1-4H3/t44-,45-,46+,49?/m0/s1. The minimum atomic E-state index is -0.546. The van der Waals surface area contributed by atoms with Crippen molar-refractivity contribution in [2.45, 2.75) is 76.5 Å². The van der Waals surface area contributed by atoms with Crippen molar-refractivity contribution in [3.05, 3.63) is 245 Å². The smallest absolute Gasteiger partial charge is 0.0706 e. The summed E-state index contributed by atoms with van der Waals surface area (Å²) in [7, 11) is 0. The summed E-state index contributed by atoms with van der Waals surface area (Å²) in [5, 5.41) is 0. The summed E-state index contributed by atoms with van der Waals surface area (Å²) in [6.45, 7) is 9.67. The SMILES string of the molecule is Cc1ccccc1C(c1ccccc1)(c1ccccc1)c1ccc(N(c2ccc(-c3ccccc3)cc2)c2ccc3c(c2)C(C)(C)c2ccccc2-3)cc1[C@@H](C)C1C[C@H]2CC[C@@H](C1)C2. The van der Waals surface area contributed by atoms with E-state index in [2.05, 4.69) is 233 Å². The molecule has 1 nitrogen and oxygen atoms in total. The van der Waals surface area contributed by atoms with Crippen molar-refractivity contribution in [3.63, 3.8) is 0 Å². The molecule has 8 aromatic carbocycles. The molecule has 0 spiro atoms. The van der Waals surface area contributed by atoms with Crippen molar-refractivity contribution in [2.24, 2.45) is 17.8 Å². The zero-order chi connectivity index (χ0) is 43.4. The molecule has 0 aromatic heterocycles. The Bertz CT molecular complexity index is 2870. The Balaban J connectivity index is 1.17. The maximum Gasteiger partial charge on any atom is 0.0706 e. The summed E-state index contributed by atoms with van der Waals surface area (Å²) >= 11 is 0. The molecule has 0 radical (unpaired) electrons. The molecule has 4 atom stereocenters. The van der Waals surface area contributed by atoms with Crippen LogP contribution in [0.4, 0.5) is 17.1 Å². The van der Waals surface area contributed by atoms with Crippen LogP contribution >= 0.6 is 0 Å². The Kier molecular flexibility index (Phi) is 10.3. The van der Waals surface area contributed by atoms with Gasteiger partial charge in [0.25, 0.3) is 0 Å². The van der Waals surface area contributed by atoms with Crippen LogP contribution in [-0.2, 0) is 10.8 Å². The van der Waals surface area contributed by atoms with Gasteiger partial charge < -0.3 is 4.90 Å². The monoisotopic (exact) mass is 829 g/mol. The van der Waals surface area contributed by atoms with Crippen LogP contribution in [0, 0.1) is 24.7 Å². The van der Waals surface area contributed by atoms with Crippen molar-refractivity contribution in [1.29, 1.82) is 0 Å². The highest BCUT2D eigenvalue weighted by molar-refractivity contribution is 5.86. The van der Waals surface area contributed by atoms with E-state index in [4.69, 9.17) is 0 Å². The second-order valence-corrected chi connectivity index (χ2v) is 19.8. The fourth-order valence-electron chi connectivity index (χ4n) is 12.6. The molecule has 8 aromatic rings. The Morgan fingerprint density at radius 3 is 1.69 bits per heavy atom. The molecule has 3 aliphatic carbocycles. The molecule has 11 rings (SSSR count). The van der Waals surface area contributed by atoms with Gasteiger partial charge in [0.2, 0.25) is 0 Å². The van der Waals surface area contributed by atoms with Crippen molar-refractivity contribution in [1.82, 2.24) is 0 Å². The van der Waals surface area contributed by atoms with Gasteiger partial charge in [0.1, 0.15) is 0 Å². The van der Waals surface area contributed by atoms with Crippen LogP contribution in [-0.4, -0.2) is 0 Å². The maximum absolute atomic E-state index is 2.62. The number of benzene rings is 8. The molecule has 1 unspecified atom stereocenters. The van der Waals surface area contributed by atoms with Crippen LogP contribution in [0.25, 0.3) is 22.3 Å². The molecule has 0 N–H and O–H groups in total. The van der Waals surface area contributed by atoms with Crippen molar-refractivity contribution >= 4 is 17.1 Å². The molecule has 2 saturated carbocycles. The summed E-state index contributed by atoms with van der Waals surface area (Å²) in [4.78, 5) is 2.54. The number of anilines is 3. The van der Waals surface area contributed by atoms with E-state index in [9.17, 15) is 0 Å². The van der Waals surface area contributed by atoms with Crippen LogP contribution in [0.3, 0.4) is 0 Å². The number of fused-ring (bicyclic) bond motifs is 5. The zero-order valence-electron chi connectivity index (χ0n) is 37.8. The summed E-state index contributed by atoms with van der Waals surface area (Å²) < 4.78 is 0. The highest BCUT2D eigenvalue weighted by atomic mass is 15.1. The quantitative estimate of drug-likeness (QED) is 0.124. The lowest BCUT2D eigenvalue weighted by atomic mass is 9.61. The van der Waals surface area contributed by atoms with Gasteiger partial charge in [-0.2, -0.15) is 0 Å². The van der Waals surface area contributed by atoms with E-state index in [-0.39, 0.29) is 5.41 Å². The Labute approximate surface area is 381 Å². The van der Waals surface area contributed by atoms with Gasteiger partial charge in [0.15, 0.2) is 0 Å². The third kappa shape index (κ3) is 6.75. The first-order chi connectivity index (χ1) is 31.3. The molecule has 64 heavy (non-hydrogen) atoms. The first kappa shape index (κ1) is 40.3. The summed E-state index contributed by atoms with van der Waals surface area (Å²) in [6.07, 6.45) is 6.85. The number of hydrogen-bond donors (Lipinski definition) is 0. The van der Waals surface area contributed by atoms with Gasteiger partial charge in [-0.1, -0.05) is 197 Å². The van der Waals surface area contributed by atoms with Crippen LogP contribution in [0.15, 0.2) is 200 Å². The zero-order valence-corrected chi connectivity index (χ0v) is 37.8. The molecule has 316 valence electrons. The number of hydrogen-bond acceptors (Lipinski definition) is 1. The van der Waals surface area contributed by atoms with Crippen LogP contribution < -0.4 is 4.90 Å². The van der Waals surface area contributed by atoms with E-state index >= 15 is 0 Å². The highest BCUT2D eigenvalue weighted by Crippen LogP contribution is 2.55. The molecular formula is C63H59N. The Morgan fingerprint density at radius 2 is 1.02 bits per heavy atom. The predicted molar refractivity (Wildman–Crippen MR) is 269 cm³/mol. The lowest BCUT2D eigenvalue weighted by Gasteiger charge is -2.42. The average molecular weight is 830 g/mol. The van der Waals surface area contributed by atoms with Crippen LogP contribution in [0.1, 0.15) is 103 Å². The number of rotatable bonds is 10.